The third-order valence-corrected chi connectivity index (χ3v) is 3.01. The predicted octanol–water partition coefficient (Wildman–Crippen LogP) is 2.62. The van der Waals surface area contributed by atoms with Crippen molar-refractivity contribution in [3.63, 3.8) is 0 Å². The van der Waals surface area contributed by atoms with Crippen LogP contribution in [0, 0.1) is 5.92 Å². The molecule has 1 rings (SSSR count). The smallest absolute Gasteiger partial charge is 0.317 e. The number of nitrogens with zero attached hydrogens (tertiary/aromatic N) is 1. The van der Waals surface area contributed by atoms with Crippen LogP contribution in [-0.4, -0.2) is 30.1 Å². The van der Waals surface area contributed by atoms with Crippen molar-refractivity contribution in [1.29, 1.82) is 0 Å². The van der Waals surface area contributed by atoms with Crippen molar-refractivity contribution in [2.75, 3.05) is 13.1 Å². The minimum absolute atomic E-state index is 0.111. The van der Waals surface area contributed by atoms with E-state index in [1.807, 2.05) is 18.7 Å². The topological polar surface area (TPSA) is 32.3 Å². The van der Waals surface area contributed by atoms with E-state index in [4.69, 9.17) is 0 Å². The summed E-state index contributed by atoms with van der Waals surface area (Å²) in [6, 6.07) is 0.353. The summed E-state index contributed by atoms with van der Waals surface area (Å²) in [6.45, 7) is 8.10. The lowest BCUT2D eigenvalue weighted by molar-refractivity contribution is 0.166. The standard InChI is InChI=1S/C12H24N2O/c1-4-5-11-6-8-14(9-7-11)12(15)13-10(2)3/h10-11H,4-9H2,1-3H3,(H,13,15). The fourth-order valence-corrected chi connectivity index (χ4v) is 2.17. The molecular formula is C12H24N2O. The van der Waals surface area contributed by atoms with Crippen LogP contribution in [0.2, 0.25) is 0 Å². The van der Waals surface area contributed by atoms with E-state index < -0.39 is 0 Å². The van der Waals surface area contributed by atoms with E-state index in [9.17, 15) is 4.79 Å². The van der Waals surface area contributed by atoms with Gasteiger partial charge in [0.2, 0.25) is 0 Å². The second-order valence-electron chi connectivity index (χ2n) is 4.82. The largest absolute Gasteiger partial charge is 0.336 e. The van der Waals surface area contributed by atoms with Crippen LogP contribution >= 0.6 is 0 Å². The van der Waals surface area contributed by atoms with Crippen molar-refractivity contribution in [3.05, 3.63) is 0 Å². The van der Waals surface area contributed by atoms with Crippen molar-refractivity contribution in [2.45, 2.75) is 52.5 Å². The van der Waals surface area contributed by atoms with Gasteiger partial charge in [-0.15, -0.1) is 0 Å². The van der Waals surface area contributed by atoms with Gasteiger partial charge in [-0.25, -0.2) is 4.79 Å². The van der Waals surface area contributed by atoms with Crippen LogP contribution in [0.4, 0.5) is 4.79 Å². The first kappa shape index (κ1) is 12.3. The highest BCUT2D eigenvalue weighted by Gasteiger charge is 2.22. The summed E-state index contributed by atoms with van der Waals surface area (Å²) in [5.41, 5.74) is 0. The molecule has 0 radical (unpaired) electrons. The van der Waals surface area contributed by atoms with Crippen molar-refractivity contribution in [2.24, 2.45) is 5.92 Å². The third kappa shape index (κ3) is 4.10. The number of hydrogen-bond donors (Lipinski definition) is 1. The van der Waals surface area contributed by atoms with Gasteiger partial charge >= 0.3 is 6.03 Å². The molecule has 0 saturated carbocycles. The average Bonchev–Trinajstić information content (AvgIpc) is 2.18. The number of likely N-dealkylation sites (tertiary alicyclic amines) is 1. The zero-order valence-corrected chi connectivity index (χ0v) is 10.3. The van der Waals surface area contributed by atoms with Crippen molar-refractivity contribution in [1.82, 2.24) is 10.2 Å². The molecule has 88 valence electrons. The van der Waals surface area contributed by atoms with Crippen LogP contribution in [0.5, 0.6) is 0 Å². The van der Waals surface area contributed by atoms with Crippen LogP contribution in [0.3, 0.4) is 0 Å². The molecule has 0 atom stereocenters. The van der Waals surface area contributed by atoms with E-state index in [1.54, 1.807) is 0 Å². The Hall–Kier alpha value is -0.730. The normalized spacial score (nSPS) is 18.3. The van der Waals surface area contributed by atoms with Crippen molar-refractivity contribution < 1.29 is 4.79 Å². The van der Waals surface area contributed by atoms with Gasteiger partial charge in [0.05, 0.1) is 0 Å². The highest BCUT2D eigenvalue weighted by molar-refractivity contribution is 5.74. The maximum Gasteiger partial charge on any atom is 0.317 e. The van der Waals surface area contributed by atoms with E-state index in [0.717, 1.165) is 19.0 Å². The SMILES string of the molecule is CCCC1CCN(C(=O)NC(C)C)CC1. The summed E-state index contributed by atoms with van der Waals surface area (Å²) in [5.74, 6) is 0.845. The monoisotopic (exact) mass is 212 g/mol. The molecule has 0 aromatic rings. The molecule has 0 aromatic carbocycles. The molecule has 15 heavy (non-hydrogen) atoms. The number of amides is 2. The van der Waals surface area contributed by atoms with Gasteiger partial charge in [0.25, 0.3) is 0 Å². The summed E-state index contributed by atoms with van der Waals surface area (Å²) in [6.07, 6.45) is 4.95. The van der Waals surface area contributed by atoms with E-state index in [-0.39, 0.29) is 12.1 Å². The first-order chi connectivity index (χ1) is 7.13. The highest BCUT2D eigenvalue weighted by Crippen LogP contribution is 2.21. The first-order valence-electron chi connectivity index (χ1n) is 6.19. The maximum atomic E-state index is 11.7. The molecular weight excluding hydrogens is 188 g/mol. The Morgan fingerprint density at radius 1 is 1.40 bits per heavy atom. The number of carbonyl (C=O) groups is 1. The summed E-state index contributed by atoms with van der Waals surface area (Å²) in [4.78, 5) is 13.6. The van der Waals surface area contributed by atoms with Gasteiger partial charge in [-0.05, 0) is 32.6 Å². The van der Waals surface area contributed by atoms with Crippen LogP contribution in [0.25, 0.3) is 0 Å². The quantitative estimate of drug-likeness (QED) is 0.766. The van der Waals surface area contributed by atoms with Gasteiger partial charge in [0, 0.05) is 19.1 Å². The van der Waals surface area contributed by atoms with Crippen LogP contribution in [0.15, 0.2) is 0 Å². The number of hydrogen-bond acceptors (Lipinski definition) is 1. The highest BCUT2D eigenvalue weighted by atomic mass is 16.2. The fourth-order valence-electron chi connectivity index (χ4n) is 2.17. The molecule has 1 heterocycles. The summed E-state index contributed by atoms with van der Waals surface area (Å²) in [7, 11) is 0. The molecule has 0 spiro atoms. The summed E-state index contributed by atoms with van der Waals surface area (Å²) >= 11 is 0. The molecule has 0 aliphatic carbocycles. The van der Waals surface area contributed by atoms with Crippen LogP contribution < -0.4 is 5.32 Å². The molecule has 1 fully saturated rings. The molecule has 3 heteroatoms. The Bertz CT molecular complexity index is 196. The second-order valence-corrected chi connectivity index (χ2v) is 4.82. The minimum atomic E-state index is 0.111. The van der Waals surface area contributed by atoms with Gasteiger partial charge in [0.15, 0.2) is 0 Å². The molecule has 1 N–H and O–H groups in total. The second kappa shape index (κ2) is 5.99. The Balaban J connectivity index is 2.27. The Morgan fingerprint density at radius 2 is 2.00 bits per heavy atom. The Labute approximate surface area is 93.2 Å². The minimum Gasteiger partial charge on any atom is -0.336 e. The first-order valence-corrected chi connectivity index (χ1v) is 6.19. The predicted molar refractivity (Wildman–Crippen MR) is 62.9 cm³/mol. The van der Waals surface area contributed by atoms with Gasteiger partial charge in [-0.2, -0.15) is 0 Å². The zero-order valence-electron chi connectivity index (χ0n) is 10.3. The molecule has 2 amide bonds. The number of carbonyl (C=O) groups excluding carboxylic acids is 1. The maximum absolute atomic E-state index is 11.7. The van der Waals surface area contributed by atoms with Crippen LogP contribution in [0.1, 0.15) is 46.5 Å². The lowest BCUT2D eigenvalue weighted by Gasteiger charge is -2.32. The molecule has 0 bridgehead atoms. The molecule has 3 nitrogen and oxygen atoms in total. The van der Waals surface area contributed by atoms with Gasteiger partial charge < -0.3 is 10.2 Å². The van der Waals surface area contributed by atoms with Gasteiger partial charge in [0.1, 0.15) is 0 Å². The molecule has 1 saturated heterocycles. The number of piperidine rings is 1. The lowest BCUT2D eigenvalue weighted by atomic mass is 9.93. The fraction of sp³-hybridized carbons (Fsp3) is 0.917. The average molecular weight is 212 g/mol. The molecule has 1 aliphatic rings. The Kier molecular flexibility index (Phi) is 4.92. The van der Waals surface area contributed by atoms with E-state index in [2.05, 4.69) is 12.2 Å². The van der Waals surface area contributed by atoms with Crippen molar-refractivity contribution in [3.8, 4) is 0 Å². The van der Waals surface area contributed by atoms with Gasteiger partial charge in [-0.3, -0.25) is 0 Å². The Morgan fingerprint density at radius 3 is 2.47 bits per heavy atom. The van der Waals surface area contributed by atoms with Crippen molar-refractivity contribution >= 4 is 6.03 Å². The third-order valence-electron chi connectivity index (χ3n) is 3.01. The van der Waals surface area contributed by atoms with E-state index in [1.165, 1.54) is 25.7 Å². The molecule has 0 unspecified atom stereocenters. The van der Waals surface area contributed by atoms with Gasteiger partial charge in [-0.1, -0.05) is 19.8 Å². The number of urea groups is 1. The molecule has 1 aliphatic heterocycles. The molecule has 0 aromatic heterocycles. The van der Waals surface area contributed by atoms with Crippen LogP contribution in [-0.2, 0) is 0 Å². The van der Waals surface area contributed by atoms with E-state index in [0.29, 0.717) is 0 Å². The zero-order chi connectivity index (χ0) is 11.3. The van der Waals surface area contributed by atoms with E-state index >= 15 is 0 Å². The summed E-state index contributed by atoms with van der Waals surface area (Å²) in [5, 5.41) is 2.95. The summed E-state index contributed by atoms with van der Waals surface area (Å²) < 4.78 is 0. The number of nitrogens with one attached hydrogen (secondary N) is 1. The lowest BCUT2D eigenvalue weighted by Crippen LogP contribution is -2.46. The number of rotatable bonds is 3.